The van der Waals surface area contributed by atoms with Crippen molar-refractivity contribution in [2.45, 2.75) is 13.5 Å². The van der Waals surface area contributed by atoms with E-state index < -0.39 is 0 Å². The number of nitrogens with two attached hydrogens (primary N) is 1. The van der Waals surface area contributed by atoms with Gasteiger partial charge in [-0.15, -0.1) is 0 Å². The number of nitrogens with one attached hydrogen (secondary N) is 1. The molecule has 20 heavy (non-hydrogen) atoms. The topological polar surface area (TPSA) is 82.2 Å². The second-order valence-corrected chi connectivity index (χ2v) is 4.94. The van der Waals surface area contributed by atoms with Crippen molar-refractivity contribution in [3.05, 3.63) is 34.6 Å². The lowest BCUT2D eigenvalue weighted by atomic mass is 10.3. The van der Waals surface area contributed by atoms with E-state index >= 15 is 0 Å². The van der Waals surface area contributed by atoms with Crippen LogP contribution in [0.3, 0.4) is 0 Å². The Morgan fingerprint density at radius 3 is 2.90 bits per heavy atom. The monoisotopic (exact) mass is 338 g/mol. The minimum absolute atomic E-state index is 0.210. The minimum Gasteiger partial charge on any atom is -0.497 e. The Hall–Kier alpha value is -2.02. The van der Waals surface area contributed by atoms with Crippen LogP contribution in [0.15, 0.2) is 28.9 Å². The predicted molar refractivity (Wildman–Crippen MR) is 81.0 cm³/mol. The van der Waals surface area contributed by atoms with Gasteiger partial charge in [-0.05, 0) is 35.0 Å². The fourth-order valence-corrected chi connectivity index (χ4v) is 2.03. The molecule has 1 amide bonds. The van der Waals surface area contributed by atoms with Crippen LogP contribution >= 0.6 is 15.9 Å². The van der Waals surface area contributed by atoms with Crippen molar-refractivity contribution < 1.29 is 9.53 Å². The number of carbonyl (C=O) groups excluding carboxylic acids is 1. The average molecular weight is 339 g/mol. The third-order valence-corrected chi connectivity index (χ3v) is 3.44. The Morgan fingerprint density at radius 1 is 1.55 bits per heavy atom. The quantitative estimate of drug-likeness (QED) is 0.897. The second-order valence-electron chi connectivity index (χ2n) is 4.09. The Morgan fingerprint density at radius 2 is 2.30 bits per heavy atom. The molecule has 1 aromatic carbocycles. The van der Waals surface area contributed by atoms with Gasteiger partial charge in [-0.2, -0.15) is 5.10 Å². The summed E-state index contributed by atoms with van der Waals surface area (Å²) < 4.78 is 7.49. The highest BCUT2D eigenvalue weighted by Crippen LogP contribution is 2.27. The van der Waals surface area contributed by atoms with Crippen LogP contribution in [-0.2, 0) is 6.54 Å². The van der Waals surface area contributed by atoms with E-state index in [1.54, 1.807) is 36.2 Å². The van der Waals surface area contributed by atoms with Crippen LogP contribution in [0.1, 0.15) is 17.4 Å². The van der Waals surface area contributed by atoms with E-state index in [1.165, 1.54) is 0 Å². The molecule has 1 aromatic heterocycles. The average Bonchev–Trinajstić information content (AvgIpc) is 2.82. The molecule has 0 fully saturated rings. The van der Waals surface area contributed by atoms with Crippen molar-refractivity contribution in [3.63, 3.8) is 0 Å². The summed E-state index contributed by atoms with van der Waals surface area (Å²) in [6, 6.07) is 5.30. The summed E-state index contributed by atoms with van der Waals surface area (Å²) in [5.74, 6) is 0.291. The zero-order valence-corrected chi connectivity index (χ0v) is 12.8. The number of ether oxygens (including phenoxy) is 1. The molecule has 0 radical (unpaired) electrons. The van der Waals surface area contributed by atoms with Gasteiger partial charge in [-0.3, -0.25) is 9.48 Å². The lowest BCUT2D eigenvalue weighted by molar-refractivity contribution is 0.102. The van der Waals surface area contributed by atoms with Crippen molar-refractivity contribution in [3.8, 4) is 5.75 Å². The molecule has 7 heteroatoms. The first-order valence-electron chi connectivity index (χ1n) is 6.03. The summed E-state index contributed by atoms with van der Waals surface area (Å²) in [6.07, 6.45) is 1.63. The Labute approximate surface area is 125 Å². The highest BCUT2D eigenvalue weighted by atomic mass is 79.9. The first-order chi connectivity index (χ1) is 9.55. The van der Waals surface area contributed by atoms with Crippen molar-refractivity contribution >= 4 is 33.2 Å². The Bertz CT molecular complexity index is 639. The number of aromatic nitrogens is 2. The van der Waals surface area contributed by atoms with Gasteiger partial charge in [0.2, 0.25) is 0 Å². The van der Waals surface area contributed by atoms with Crippen LogP contribution in [-0.4, -0.2) is 22.8 Å². The van der Waals surface area contributed by atoms with Crippen molar-refractivity contribution in [2.75, 3.05) is 18.2 Å². The third kappa shape index (κ3) is 2.93. The molecule has 0 bridgehead atoms. The molecule has 0 aliphatic carbocycles. The van der Waals surface area contributed by atoms with Gasteiger partial charge >= 0.3 is 0 Å². The van der Waals surface area contributed by atoms with Gasteiger partial charge < -0.3 is 15.8 Å². The molecule has 0 spiro atoms. The van der Waals surface area contributed by atoms with Crippen LogP contribution in [0.5, 0.6) is 5.75 Å². The molecule has 2 rings (SSSR count). The van der Waals surface area contributed by atoms with E-state index in [1.807, 2.05) is 6.92 Å². The molecule has 0 atom stereocenters. The fraction of sp³-hybridized carbons (Fsp3) is 0.231. The smallest absolute Gasteiger partial charge is 0.278 e. The molecule has 2 aromatic rings. The lowest BCUT2D eigenvalue weighted by Crippen LogP contribution is -2.15. The van der Waals surface area contributed by atoms with Gasteiger partial charge in [0.1, 0.15) is 5.75 Å². The number of nitrogen functional groups attached to an aromatic ring is 1. The van der Waals surface area contributed by atoms with Crippen LogP contribution in [0.4, 0.5) is 11.4 Å². The SMILES string of the molecule is CCn1cc(N)c(C(=O)Nc2cc(OC)ccc2Br)n1. The van der Waals surface area contributed by atoms with Crippen molar-refractivity contribution in [1.82, 2.24) is 9.78 Å². The van der Waals surface area contributed by atoms with E-state index in [-0.39, 0.29) is 11.6 Å². The second kappa shape index (κ2) is 5.96. The van der Waals surface area contributed by atoms with E-state index in [0.29, 0.717) is 23.7 Å². The first-order valence-corrected chi connectivity index (χ1v) is 6.82. The third-order valence-electron chi connectivity index (χ3n) is 2.75. The highest BCUT2D eigenvalue weighted by molar-refractivity contribution is 9.10. The maximum Gasteiger partial charge on any atom is 0.278 e. The summed E-state index contributed by atoms with van der Waals surface area (Å²) in [5.41, 5.74) is 6.94. The number of hydrogen-bond acceptors (Lipinski definition) is 4. The number of halogens is 1. The van der Waals surface area contributed by atoms with Crippen LogP contribution in [0.25, 0.3) is 0 Å². The molecule has 0 aliphatic rings. The van der Waals surface area contributed by atoms with Crippen LogP contribution in [0, 0.1) is 0 Å². The Balaban J connectivity index is 2.25. The summed E-state index contributed by atoms with van der Waals surface area (Å²) >= 11 is 3.37. The Kier molecular flexibility index (Phi) is 4.29. The lowest BCUT2D eigenvalue weighted by Gasteiger charge is -2.08. The van der Waals surface area contributed by atoms with E-state index in [4.69, 9.17) is 10.5 Å². The summed E-state index contributed by atoms with van der Waals surface area (Å²) in [6.45, 7) is 2.58. The summed E-state index contributed by atoms with van der Waals surface area (Å²) in [7, 11) is 1.57. The standard InChI is InChI=1S/C13H15BrN4O2/c1-3-18-7-10(15)12(17-18)13(19)16-11-6-8(20-2)4-5-9(11)14/h4-7H,3,15H2,1-2H3,(H,16,19). The molecular weight excluding hydrogens is 324 g/mol. The number of carbonyl (C=O) groups is 1. The van der Waals surface area contributed by atoms with Crippen LogP contribution in [0.2, 0.25) is 0 Å². The maximum atomic E-state index is 12.2. The molecule has 0 aliphatic heterocycles. The zero-order valence-electron chi connectivity index (χ0n) is 11.2. The number of hydrogen-bond donors (Lipinski definition) is 2. The molecular formula is C13H15BrN4O2. The largest absolute Gasteiger partial charge is 0.497 e. The first kappa shape index (κ1) is 14.4. The number of amides is 1. The molecule has 1 heterocycles. The molecule has 0 unspecified atom stereocenters. The molecule has 0 saturated carbocycles. The summed E-state index contributed by atoms with van der Waals surface area (Å²) in [4.78, 5) is 12.2. The van der Waals surface area contributed by atoms with Crippen molar-refractivity contribution in [2.24, 2.45) is 0 Å². The minimum atomic E-state index is -0.358. The number of anilines is 2. The van der Waals surface area contributed by atoms with E-state index in [9.17, 15) is 4.79 Å². The van der Waals surface area contributed by atoms with Gasteiger partial charge in [0, 0.05) is 23.3 Å². The van der Waals surface area contributed by atoms with Gasteiger partial charge in [-0.1, -0.05) is 0 Å². The maximum absolute atomic E-state index is 12.2. The van der Waals surface area contributed by atoms with Gasteiger partial charge in [0.05, 0.1) is 18.5 Å². The van der Waals surface area contributed by atoms with E-state index in [2.05, 4.69) is 26.3 Å². The summed E-state index contributed by atoms with van der Waals surface area (Å²) in [5, 5.41) is 6.89. The number of benzene rings is 1. The number of nitrogens with zero attached hydrogens (tertiary/aromatic N) is 2. The fourth-order valence-electron chi connectivity index (χ4n) is 1.68. The molecule has 3 N–H and O–H groups in total. The van der Waals surface area contributed by atoms with Gasteiger partial charge in [0.25, 0.3) is 5.91 Å². The van der Waals surface area contributed by atoms with Crippen LogP contribution < -0.4 is 15.8 Å². The van der Waals surface area contributed by atoms with Gasteiger partial charge in [-0.25, -0.2) is 0 Å². The zero-order chi connectivity index (χ0) is 14.7. The number of aryl methyl sites for hydroxylation is 1. The van der Waals surface area contributed by atoms with Crippen molar-refractivity contribution in [1.29, 1.82) is 0 Å². The predicted octanol–water partition coefficient (Wildman–Crippen LogP) is 2.51. The normalized spacial score (nSPS) is 10.3. The van der Waals surface area contributed by atoms with E-state index in [0.717, 1.165) is 4.47 Å². The molecule has 0 saturated heterocycles. The number of rotatable bonds is 4. The number of methoxy groups -OCH3 is 1. The van der Waals surface area contributed by atoms with Gasteiger partial charge in [0.15, 0.2) is 5.69 Å². The molecule has 6 nitrogen and oxygen atoms in total. The molecule has 106 valence electrons. The highest BCUT2D eigenvalue weighted by Gasteiger charge is 2.16.